The Kier molecular flexibility index (Phi) is 5.67. The van der Waals surface area contributed by atoms with Crippen LogP contribution in [0, 0.1) is 5.41 Å². The van der Waals surface area contributed by atoms with Crippen LogP contribution in [0.2, 0.25) is 0 Å². The van der Waals surface area contributed by atoms with Gasteiger partial charge in [0.2, 0.25) is 0 Å². The molecule has 1 aliphatic heterocycles. The Hall–Kier alpha value is -0.350. The van der Waals surface area contributed by atoms with Crippen molar-refractivity contribution in [2.24, 2.45) is 5.41 Å². The molecule has 1 rings (SSSR count). The standard InChI is InChI=1S/C13H26N2OS/c1-5-13(6-2)7-8-15(10-13)12(17)14-11(3)9-16-4/h11H,5-10H2,1-4H3,(H,14,17). The molecule has 0 radical (unpaired) electrons. The highest BCUT2D eigenvalue weighted by molar-refractivity contribution is 7.80. The number of thiocarbonyl (C=S) groups is 1. The number of nitrogens with one attached hydrogen (secondary N) is 1. The lowest BCUT2D eigenvalue weighted by atomic mass is 9.82. The normalized spacial score (nSPS) is 20.4. The molecule has 0 aromatic carbocycles. The van der Waals surface area contributed by atoms with Crippen molar-refractivity contribution in [2.45, 2.75) is 46.1 Å². The van der Waals surface area contributed by atoms with Crippen LogP contribution >= 0.6 is 12.2 Å². The van der Waals surface area contributed by atoms with Crippen molar-refractivity contribution < 1.29 is 4.74 Å². The smallest absolute Gasteiger partial charge is 0.169 e. The molecule has 1 unspecified atom stereocenters. The van der Waals surface area contributed by atoms with Crippen LogP contribution in [-0.2, 0) is 4.74 Å². The van der Waals surface area contributed by atoms with E-state index < -0.39 is 0 Å². The van der Waals surface area contributed by atoms with Gasteiger partial charge in [0, 0.05) is 26.2 Å². The van der Waals surface area contributed by atoms with Crippen molar-refractivity contribution in [3.8, 4) is 0 Å². The van der Waals surface area contributed by atoms with E-state index in [0.717, 1.165) is 18.2 Å². The van der Waals surface area contributed by atoms with E-state index in [9.17, 15) is 0 Å². The molecule has 1 fully saturated rings. The highest BCUT2D eigenvalue weighted by Crippen LogP contribution is 2.36. The van der Waals surface area contributed by atoms with Gasteiger partial charge in [0.1, 0.15) is 0 Å². The summed E-state index contributed by atoms with van der Waals surface area (Å²) < 4.78 is 5.11. The van der Waals surface area contributed by atoms with Crippen LogP contribution in [0.1, 0.15) is 40.0 Å². The summed E-state index contributed by atoms with van der Waals surface area (Å²) in [6.45, 7) is 9.56. The molecule has 0 aliphatic carbocycles. The summed E-state index contributed by atoms with van der Waals surface area (Å²) in [6, 6.07) is 0.283. The third-order valence-corrected chi connectivity index (χ3v) is 4.39. The second kappa shape index (κ2) is 6.55. The molecule has 0 aromatic rings. The maximum Gasteiger partial charge on any atom is 0.169 e. The first-order valence-corrected chi connectivity index (χ1v) is 7.02. The van der Waals surface area contributed by atoms with E-state index in [-0.39, 0.29) is 6.04 Å². The first-order chi connectivity index (χ1) is 8.06. The van der Waals surface area contributed by atoms with Crippen LogP contribution in [0.4, 0.5) is 0 Å². The van der Waals surface area contributed by atoms with Gasteiger partial charge in [-0.15, -0.1) is 0 Å². The van der Waals surface area contributed by atoms with Crippen LogP contribution in [0.25, 0.3) is 0 Å². The summed E-state index contributed by atoms with van der Waals surface area (Å²) in [4.78, 5) is 2.31. The van der Waals surface area contributed by atoms with E-state index in [4.69, 9.17) is 17.0 Å². The van der Waals surface area contributed by atoms with Gasteiger partial charge >= 0.3 is 0 Å². The summed E-state index contributed by atoms with van der Waals surface area (Å²) in [5.41, 5.74) is 0.482. The summed E-state index contributed by atoms with van der Waals surface area (Å²) in [7, 11) is 1.72. The Morgan fingerprint density at radius 1 is 1.47 bits per heavy atom. The predicted octanol–water partition coefficient (Wildman–Crippen LogP) is 2.41. The Balaban J connectivity index is 2.45. The van der Waals surface area contributed by atoms with Gasteiger partial charge in [-0.1, -0.05) is 13.8 Å². The van der Waals surface area contributed by atoms with Gasteiger partial charge in [0.25, 0.3) is 0 Å². The van der Waals surface area contributed by atoms with Gasteiger partial charge in [0.05, 0.1) is 6.61 Å². The minimum Gasteiger partial charge on any atom is -0.383 e. The number of likely N-dealkylation sites (tertiary alicyclic amines) is 1. The SMILES string of the molecule is CCC1(CC)CCN(C(=S)NC(C)COC)C1. The molecular weight excluding hydrogens is 232 g/mol. The number of hydrogen-bond donors (Lipinski definition) is 1. The van der Waals surface area contributed by atoms with E-state index in [1.807, 2.05) is 0 Å². The third-order valence-electron chi connectivity index (χ3n) is 4.01. The van der Waals surface area contributed by atoms with Crippen LogP contribution in [0.15, 0.2) is 0 Å². The van der Waals surface area contributed by atoms with E-state index in [1.54, 1.807) is 7.11 Å². The molecule has 0 saturated carbocycles. The Morgan fingerprint density at radius 2 is 2.12 bits per heavy atom. The summed E-state index contributed by atoms with van der Waals surface area (Å²) in [5, 5.41) is 4.23. The number of ether oxygens (including phenoxy) is 1. The molecule has 100 valence electrons. The van der Waals surface area contributed by atoms with Crippen LogP contribution in [-0.4, -0.2) is 42.9 Å². The van der Waals surface area contributed by atoms with E-state index in [2.05, 4.69) is 31.0 Å². The number of hydrogen-bond acceptors (Lipinski definition) is 2. The summed E-state index contributed by atoms with van der Waals surface area (Å²) in [5.74, 6) is 0. The van der Waals surface area contributed by atoms with Crippen molar-refractivity contribution in [2.75, 3.05) is 26.8 Å². The molecule has 1 heterocycles. The van der Waals surface area contributed by atoms with Gasteiger partial charge in [0.15, 0.2) is 5.11 Å². The molecular formula is C13H26N2OS. The van der Waals surface area contributed by atoms with Crippen molar-refractivity contribution in [3.05, 3.63) is 0 Å². The van der Waals surface area contributed by atoms with Crippen LogP contribution < -0.4 is 5.32 Å². The van der Waals surface area contributed by atoms with Crippen molar-refractivity contribution in [3.63, 3.8) is 0 Å². The largest absolute Gasteiger partial charge is 0.383 e. The van der Waals surface area contributed by atoms with E-state index >= 15 is 0 Å². The minimum atomic E-state index is 0.283. The molecule has 1 saturated heterocycles. The van der Waals surface area contributed by atoms with Crippen LogP contribution in [0.5, 0.6) is 0 Å². The fourth-order valence-corrected chi connectivity index (χ4v) is 2.89. The predicted molar refractivity (Wildman–Crippen MR) is 76.3 cm³/mol. The van der Waals surface area contributed by atoms with Crippen LogP contribution in [0.3, 0.4) is 0 Å². The Bertz CT molecular complexity index is 254. The second-order valence-electron chi connectivity index (χ2n) is 5.18. The molecule has 17 heavy (non-hydrogen) atoms. The van der Waals surface area contributed by atoms with Crippen molar-refractivity contribution in [1.82, 2.24) is 10.2 Å². The minimum absolute atomic E-state index is 0.283. The number of nitrogens with zero attached hydrogens (tertiary/aromatic N) is 1. The summed E-state index contributed by atoms with van der Waals surface area (Å²) in [6.07, 6.45) is 3.76. The van der Waals surface area contributed by atoms with Gasteiger partial charge in [-0.05, 0) is 43.8 Å². The lowest BCUT2D eigenvalue weighted by Gasteiger charge is -2.28. The fourth-order valence-electron chi connectivity index (χ4n) is 2.53. The highest BCUT2D eigenvalue weighted by Gasteiger charge is 2.35. The first kappa shape index (κ1) is 14.7. The zero-order chi connectivity index (χ0) is 12.9. The average molecular weight is 258 g/mol. The van der Waals surface area contributed by atoms with Gasteiger partial charge < -0.3 is 15.0 Å². The molecule has 0 bridgehead atoms. The topological polar surface area (TPSA) is 24.5 Å². The Morgan fingerprint density at radius 3 is 2.59 bits per heavy atom. The van der Waals surface area contributed by atoms with Crippen molar-refractivity contribution in [1.29, 1.82) is 0 Å². The van der Waals surface area contributed by atoms with Crippen molar-refractivity contribution >= 4 is 17.3 Å². The highest BCUT2D eigenvalue weighted by atomic mass is 32.1. The quantitative estimate of drug-likeness (QED) is 0.765. The zero-order valence-electron chi connectivity index (χ0n) is 11.6. The molecule has 0 amide bonds. The van der Waals surface area contributed by atoms with Gasteiger partial charge in [-0.2, -0.15) is 0 Å². The van der Waals surface area contributed by atoms with E-state index in [1.165, 1.54) is 19.3 Å². The number of methoxy groups -OCH3 is 1. The second-order valence-corrected chi connectivity index (χ2v) is 5.57. The monoisotopic (exact) mass is 258 g/mol. The molecule has 0 spiro atoms. The summed E-state index contributed by atoms with van der Waals surface area (Å²) >= 11 is 5.46. The molecule has 4 heteroatoms. The third kappa shape index (κ3) is 3.81. The van der Waals surface area contributed by atoms with Gasteiger partial charge in [-0.25, -0.2) is 0 Å². The first-order valence-electron chi connectivity index (χ1n) is 6.61. The molecule has 1 atom stereocenters. The molecule has 1 aliphatic rings. The molecule has 0 aromatic heterocycles. The zero-order valence-corrected chi connectivity index (χ0v) is 12.4. The van der Waals surface area contributed by atoms with Gasteiger partial charge in [-0.3, -0.25) is 0 Å². The van der Waals surface area contributed by atoms with E-state index in [0.29, 0.717) is 12.0 Å². The molecule has 3 nitrogen and oxygen atoms in total. The average Bonchev–Trinajstić information content (AvgIpc) is 2.74. The maximum atomic E-state index is 5.46. The molecule has 1 N–H and O–H groups in total. The number of rotatable bonds is 5. The fraction of sp³-hybridized carbons (Fsp3) is 0.923. The Labute approximate surface area is 111 Å². The lowest BCUT2D eigenvalue weighted by molar-refractivity contribution is 0.178. The maximum absolute atomic E-state index is 5.46. The lowest BCUT2D eigenvalue weighted by Crippen LogP contribution is -2.44.